The molecule has 0 radical (unpaired) electrons. The Bertz CT molecular complexity index is 1890. The number of hydrogen-bond acceptors (Lipinski definition) is 9. The van der Waals surface area contributed by atoms with Gasteiger partial charge in [-0.05, 0) is 106 Å². The lowest BCUT2D eigenvalue weighted by molar-refractivity contribution is -0.120. The number of aromatic nitrogens is 2. The van der Waals surface area contributed by atoms with Crippen molar-refractivity contribution in [1.82, 2.24) is 15.5 Å². The Hall–Kier alpha value is -3.26. The molecule has 6 rings (SSSR count). The number of amides is 2. The van der Waals surface area contributed by atoms with E-state index in [0.29, 0.717) is 28.1 Å². The average molecular weight is 743 g/mol. The topological polar surface area (TPSA) is 141 Å². The molecule has 1 spiro atoms. The number of rotatable bonds is 7. The van der Waals surface area contributed by atoms with Gasteiger partial charge in [-0.25, -0.2) is 13.2 Å². The van der Waals surface area contributed by atoms with E-state index in [1.165, 1.54) is 11.0 Å². The van der Waals surface area contributed by atoms with E-state index in [1.54, 1.807) is 57.2 Å². The summed E-state index contributed by atoms with van der Waals surface area (Å²) in [5.41, 5.74) is 0.754. The van der Waals surface area contributed by atoms with Crippen LogP contribution in [-0.2, 0) is 30.3 Å². The van der Waals surface area contributed by atoms with Crippen molar-refractivity contribution in [2.24, 2.45) is 5.41 Å². The fraction of sp³-hybridized carbons (Fsp3) is 0.556. The molecule has 3 aliphatic rings. The van der Waals surface area contributed by atoms with Gasteiger partial charge >= 0.3 is 6.09 Å². The van der Waals surface area contributed by atoms with Crippen LogP contribution in [-0.4, -0.2) is 62.4 Å². The van der Waals surface area contributed by atoms with E-state index in [9.17, 15) is 18.0 Å². The van der Waals surface area contributed by atoms with Gasteiger partial charge in [0.2, 0.25) is 11.8 Å². The minimum absolute atomic E-state index is 0.0217. The van der Waals surface area contributed by atoms with Gasteiger partial charge in [0.15, 0.2) is 18.2 Å². The SMILES string of the molecule is CC(C)(C)OC(=O)N[C@H]1CS(=O)(=O)c2ccc(-c3nnc(C4CC5(CC(O[Si](C)(C)C(C)(C)C)C5)C4)o3)cc2N(Cc2ccc(Cl)cc2)C1=O. The van der Waals surface area contributed by atoms with Gasteiger partial charge in [-0.1, -0.05) is 44.5 Å². The Kier molecular flexibility index (Phi) is 9.31. The maximum atomic E-state index is 14.1. The highest BCUT2D eigenvalue weighted by Crippen LogP contribution is 2.63. The van der Waals surface area contributed by atoms with Gasteiger partial charge in [0, 0.05) is 22.6 Å². The zero-order valence-electron chi connectivity index (χ0n) is 30.0. The van der Waals surface area contributed by atoms with Crippen LogP contribution >= 0.6 is 11.6 Å². The summed E-state index contributed by atoms with van der Waals surface area (Å²) in [4.78, 5) is 28.1. The number of nitrogens with one attached hydrogen (secondary N) is 1. The normalized spacial score (nSPS) is 24.9. The maximum Gasteiger partial charge on any atom is 0.408 e. The van der Waals surface area contributed by atoms with Crippen LogP contribution in [0.5, 0.6) is 0 Å². The molecule has 14 heteroatoms. The van der Waals surface area contributed by atoms with E-state index >= 15 is 0 Å². The average Bonchev–Trinajstić information content (AvgIpc) is 3.42. The second-order valence-electron chi connectivity index (χ2n) is 16.7. The van der Waals surface area contributed by atoms with Crippen molar-refractivity contribution in [3.63, 3.8) is 0 Å². The highest BCUT2D eigenvalue weighted by Gasteiger charge is 2.56. The van der Waals surface area contributed by atoms with Crippen LogP contribution in [0.3, 0.4) is 0 Å². The number of halogens is 1. The smallest absolute Gasteiger partial charge is 0.408 e. The van der Waals surface area contributed by atoms with Crippen molar-refractivity contribution in [1.29, 1.82) is 0 Å². The predicted octanol–water partition coefficient (Wildman–Crippen LogP) is 7.65. The monoisotopic (exact) mass is 742 g/mol. The van der Waals surface area contributed by atoms with Crippen molar-refractivity contribution < 1.29 is 31.6 Å². The van der Waals surface area contributed by atoms with Gasteiger partial charge in [-0.15, -0.1) is 10.2 Å². The largest absolute Gasteiger partial charge is 0.444 e. The van der Waals surface area contributed by atoms with Crippen LogP contribution in [0, 0.1) is 5.41 Å². The fourth-order valence-electron chi connectivity index (χ4n) is 6.89. The third kappa shape index (κ3) is 7.51. The lowest BCUT2D eigenvalue weighted by Gasteiger charge is -2.58. The minimum Gasteiger partial charge on any atom is -0.444 e. The highest BCUT2D eigenvalue weighted by molar-refractivity contribution is 7.91. The Morgan fingerprint density at radius 2 is 1.70 bits per heavy atom. The maximum absolute atomic E-state index is 14.1. The first-order chi connectivity index (χ1) is 23.1. The first-order valence-corrected chi connectivity index (χ1v) is 22.0. The number of sulfone groups is 1. The second kappa shape index (κ2) is 12.7. The van der Waals surface area contributed by atoms with Crippen molar-refractivity contribution in [2.75, 3.05) is 10.7 Å². The van der Waals surface area contributed by atoms with Crippen LogP contribution in [0.4, 0.5) is 10.5 Å². The summed E-state index contributed by atoms with van der Waals surface area (Å²) in [6.07, 6.45) is 3.45. The molecule has 2 fully saturated rings. The lowest BCUT2D eigenvalue weighted by Crippen LogP contribution is -2.54. The molecule has 2 heterocycles. The number of nitrogens with zero attached hydrogens (tertiary/aromatic N) is 3. The molecule has 1 N–H and O–H groups in total. The molecule has 2 saturated carbocycles. The molecule has 0 unspecified atom stereocenters. The molecule has 1 aromatic heterocycles. The number of fused-ring (bicyclic) bond motifs is 1. The third-order valence-corrected chi connectivity index (χ3v) is 17.0. The van der Waals surface area contributed by atoms with Gasteiger partial charge < -0.3 is 23.8 Å². The number of benzene rings is 2. The molecular weight excluding hydrogens is 696 g/mol. The van der Waals surface area contributed by atoms with Crippen LogP contribution in [0.15, 0.2) is 51.8 Å². The molecule has 3 aromatic rings. The zero-order chi connectivity index (χ0) is 36.4. The molecule has 0 saturated heterocycles. The lowest BCUT2D eigenvalue weighted by atomic mass is 9.51. The van der Waals surface area contributed by atoms with E-state index < -0.39 is 47.6 Å². The summed E-state index contributed by atoms with van der Waals surface area (Å²) in [7, 11) is -5.86. The first-order valence-electron chi connectivity index (χ1n) is 17.1. The van der Waals surface area contributed by atoms with E-state index in [-0.39, 0.29) is 39.4 Å². The Morgan fingerprint density at radius 1 is 1.04 bits per heavy atom. The Labute approximate surface area is 300 Å². The molecule has 2 aliphatic carbocycles. The summed E-state index contributed by atoms with van der Waals surface area (Å²) in [6.45, 7) is 16.5. The van der Waals surface area contributed by atoms with Gasteiger partial charge in [0.25, 0.3) is 5.91 Å². The van der Waals surface area contributed by atoms with Gasteiger partial charge in [0.05, 0.1) is 22.9 Å². The first kappa shape index (κ1) is 36.5. The predicted molar refractivity (Wildman–Crippen MR) is 193 cm³/mol. The van der Waals surface area contributed by atoms with E-state index in [1.807, 2.05) is 0 Å². The van der Waals surface area contributed by atoms with E-state index in [0.717, 1.165) is 25.7 Å². The molecule has 0 bridgehead atoms. The highest BCUT2D eigenvalue weighted by atomic mass is 35.5. The number of hydrogen-bond donors (Lipinski definition) is 1. The molecule has 1 aliphatic heterocycles. The van der Waals surface area contributed by atoms with Crippen LogP contribution in [0.2, 0.25) is 23.2 Å². The minimum atomic E-state index is -4.05. The van der Waals surface area contributed by atoms with Gasteiger partial charge in [0.1, 0.15) is 11.6 Å². The summed E-state index contributed by atoms with van der Waals surface area (Å²) >= 11 is 6.11. The summed E-state index contributed by atoms with van der Waals surface area (Å²) < 4.78 is 45.7. The zero-order valence-corrected chi connectivity index (χ0v) is 32.6. The Balaban J connectivity index is 1.23. The number of alkyl carbamates (subject to hydrolysis) is 1. The molecular formula is C36H47ClN4O7SSi. The standard InChI is InChI=1S/C36H47ClN4O7SSi/c1-34(2,3)47-33(43)38-27-21-49(44,45)29-14-11-23(15-28(29)41(32(27)42)20-22-9-12-25(37)13-10-22)30-39-40-31(46-30)24-16-36(17-24)18-26(19-36)48-50(7,8)35(4,5)6/h9-15,24,26-27H,16-21H2,1-8H3,(H,38,43)/t24?,26?,27-,36?/m0/s1. The van der Waals surface area contributed by atoms with E-state index in [4.69, 9.17) is 25.2 Å². The summed E-state index contributed by atoms with van der Waals surface area (Å²) in [5.74, 6) is -0.301. The van der Waals surface area contributed by atoms with E-state index in [2.05, 4.69) is 49.4 Å². The molecule has 2 aromatic carbocycles. The van der Waals surface area contributed by atoms with Crippen molar-refractivity contribution in [3.05, 3.63) is 58.9 Å². The van der Waals surface area contributed by atoms with Crippen LogP contribution in [0.1, 0.15) is 84.6 Å². The molecule has 1 atom stereocenters. The third-order valence-electron chi connectivity index (χ3n) is 10.5. The van der Waals surface area contributed by atoms with Gasteiger partial charge in [-0.2, -0.15) is 0 Å². The fourth-order valence-corrected chi connectivity index (χ4v) is 9.98. The molecule has 50 heavy (non-hydrogen) atoms. The number of anilines is 1. The summed E-state index contributed by atoms with van der Waals surface area (Å²) in [5, 5.41) is 11.9. The van der Waals surface area contributed by atoms with Crippen molar-refractivity contribution >= 4 is 47.4 Å². The number of carbonyl (C=O) groups excluding carboxylic acids is 2. The van der Waals surface area contributed by atoms with Crippen molar-refractivity contribution in [3.8, 4) is 11.5 Å². The second-order valence-corrected chi connectivity index (χ2v) is 23.9. The van der Waals surface area contributed by atoms with Gasteiger partial charge in [-0.3, -0.25) is 4.79 Å². The number of carbonyl (C=O) groups is 2. The summed E-state index contributed by atoms with van der Waals surface area (Å²) in [6, 6.07) is 10.2. The Morgan fingerprint density at radius 3 is 2.32 bits per heavy atom. The molecule has 270 valence electrons. The van der Waals surface area contributed by atoms with Crippen molar-refractivity contribution in [2.45, 2.75) is 120 Å². The number of ether oxygens (including phenoxy) is 1. The quantitative estimate of drug-likeness (QED) is 0.242. The van der Waals surface area contributed by atoms with Crippen LogP contribution < -0.4 is 10.2 Å². The van der Waals surface area contributed by atoms with Crippen LogP contribution in [0.25, 0.3) is 11.5 Å². The molecule has 11 nitrogen and oxygen atoms in total. The molecule has 2 amide bonds.